The summed E-state index contributed by atoms with van der Waals surface area (Å²) in [5, 5.41) is 8.49. The highest BCUT2D eigenvalue weighted by Gasteiger charge is 2.46. The zero-order chi connectivity index (χ0) is 24.2. The number of benzene rings is 2. The van der Waals surface area contributed by atoms with Crippen LogP contribution >= 0.6 is 0 Å². The molecule has 2 aromatic heterocycles. The molecule has 0 radical (unpaired) electrons. The Morgan fingerprint density at radius 3 is 2.57 bits per heavy atom. The van der Waals surface area contributed by atoms with E-state index in [0.717, 1.165) is 22.9 Å². The molecule has 2 amide bonds. The van der Waals surface area contributed by atoms with Gasteiger partial charge in [0.15, 0.2) is 0 Å². The van der Waals surface area contributed by atoms with Crippen molar-refractivity contribution in [1.82, 2.24) is 20.0 Å². The standard InChI is InChI=1S/C24H19F3N6O2/c25-24(26,27)22-30-21(31-35-22)15-8-9-20(28-11-15)32-12-17-10-16(32)13-33(17)23(34)29-19-7-3-5-14-4-1-2-6-18(14)19/h1-9,11,16-17H,10,12-13H2,(H,29,34). The lowest BCUT2D eigenvalue weighted by atomic mass is 10.1. The van der Waals surface area contributed by atoms with Crippen molar-refractivity contribution in [2.24, 2.45) is 0 Å². The van der Waals surface area contributed by atoms with Crippen molar-refractivity contribution in [3.05, 3.63) is 66.7 Å². The number of amides is 2. The Labute approximate surface area is 197 Å². The van der Waals surface area contributed by atoms with E-state index in [1.54, 1.807) is 12.1 Å². The van der Waals surface area contributed by atoms with E-state index in [9.17, 15) is 18.0 Å². The van der Waals surface area contributed by atoms with Crippen molar-refractivity contribution in [2.75, 3.05) is 23.3 Å². The van der Waals surface area contributed by atoms with Gasteiger partial charge in [-0.25, -0.2) is 9.78 Å². The highest BCUT2D eigenvalue weighted by atomic mass is 19.4. The fourth-order valence-corrected chi connectivity index (χ4v) is 4.86. The van der Waals surface area contributed by atoms with Crippen LogP contribution in [0.2, 0.25) is 0 Å². The fraction of sp³-hybridized carbons (Fsp3) is 0.250. The first-order chi connectivity index (χ1) is 16.9. The Morgan fingerprint density at radius 2 is 1.86 bits per heavy atom. The number of alkyl halides is 3. The average Bonchev–Trinajstić information content (AvgIpc) is 3.60. The van der Waals surface area contributed by atoms with Gasteiger partial charge in [0.2, 0.25) is 5.82 Å². The molecule has 8 nitrogen and oxygen atoms in total. The molecule has 2 fully saturated rings. The molecule has 2 aliphatic rings. The third-order valence-electron chi connectivity index (χ3n) is 6.50. The van der Waals surface area contributed by atoms with Crippen LogP contribution in [0, 0.1) is 0 Å². The third-order valence-corrected chi connectivity index (χ3v) is 6.50. The molecule has 35 heavy (non-hydrogen) atoms. The number of hydrogen-bond acceptors (Lipinski definition) is 6. The summed E-state index contributed by atoms with van der Waals surface area (Å²) in [7, 11) is 0. The SMILES string of the molecule is O=C(Nc1cccc2ccccc12)N1CC2CC1CN2c1ccc(-c2noc(C(F)(F)F)n2)cn1. The Hall–Kier alpha value is -4.15. The van der Waals surface area contributed by atoms with Crippen LogP contribution in [0.5, 0.6) is 0 Å². The Bertz CT molecular complexity index is 1400. The Balaban J connectivity index is 1.13. The number of carbonyl (C=O) groups is 1. The third kappa shape index (κ3) is 3.82. The van der Waals surface area contributed by atoms with E-state index < -0.39 is 12.1 Å². The van der Waals surface area contributed by atoms with Gasteiger partial charge in [0.05, 0.1) is 17.8 Å². The molecular formula is C24H19F3N6O2. The number of pyridine rings is 1. The summed E-state index contributed by atoms with van der Waals surface area (Å²) >= 11 is 0. The lowest BCUT2D eigenvalue weighted by Gasteiger charge is -2.35. The van der Waals surface area contributed by atoms with Crippen LogP contribution in [-0.4, -0.2) is 51.2 Å². The first kappa shape index (κ1) is 21.4. The summed E-state index contributed by atoms with van der Waals surface area (Å²) in [6, 6.07) is 17.1. The van der Waals surface area contributed by atoms with Crippen molar-refractivity contribution in [1.29, 1.82) is 0 Å². The van der Waals surface area contributed by atoms with Crippen LogP contribution in [0.15, 0.2) is 65.3 Å². The number of fused-ring (bicyclic) bond motifs is 3. The zero-order valence-corrected chi connectivity index (χ0v) is 18.2. The Morgan fingerprint density at radius 1 is 1.03 bits per heavy atom. The molecule has 6 rings (SSSR count). The van der Waals surface area contributed by atoms with Gasteiger partial charge in [-0.1, -0.05) is 41.6 Å². The largest absolute Gasteiger partial charge is 0.471 e. The zero-order valence-electron chi connectivity index (χ0n) is 18.2. The van der Waals surface area contributed by atoms with Crippen molar-refractivity contribution in [3.63, 3.8) is 0 Å². The number of hydrogen-bond donors (Lipinski definition) is 1. The van der Waals surface area contributed by atoms with E-state index in [-0.39, 0.29) is 23.9 Å². The van der Waals surface area contributed by atoms with Gasteiger partial charge in [0.25, 0.3) is 0 Å². The molecule has 0 spiro atoms. The normalized spacial score (nSPS) is 19.5. The smallest absolute Gasteiger partial charge is 0.350 e. The quantitative estimate of drug-likeness (QED) is 0.453. The number of urea groups is 1. The minimum Gasteiger partial charge on any atom is -0.350 e. The molecule has 2 saturated heterocycles. The molecule has 4 heterocycles. The number of piperazine rings is 1. The molecule has 2 unspecified atom stereocenters. The molecule has 2 aliphatic heterocycles. The Kier molecular flexibility index (Phi) is 4.87. The van der Waals surface area contributed by atoms with Crippen molar-refractivity contribution in [3.8, 4) is 11.4 Å². The first-order valence-electron chi connectivity index (χ1n) is 11.1. The van der Waals surface area contributed by atoms with E-state index >= 15 is 0 Å². The van der Waals surface area contributed by atoms with Crippen molar-refractivity contribution in [2.45, 2.75) is 24.7 Å². The lowest BCUT2D eigenvalue weighted by molar-refractivity contribution is -0.159. The monoisotopic (exact) mass is 480 g/mol. The second kappa shape index (κ2) is 7.97. The van der Waals surface area contributed by atoms with E-state index in [1.807, 2.05) is 47.4 Å². The summed E-state index contributed by atoms with van der Waals surface area (Å²) in [6.07, 6.45) is -2.44. The van der Waals surface area contributed by atoms with Crippen LogP contribution in [0.25, 0.3) is 22.2 Å². The molecule has 178 valence electrons. The van der Waals surface area contributed by atoms with Crippen LogP contribution in [0.4, 0.5) is 29.5 Å². The summed E-state index contributed by atoms with van der Waals surface area (Å²) in [6.45, 7) is 1.19. The van der Waals surface area contributed by atoms with Crippen molar-refractivity contribution < 1.29 is 22.5 Å². The second-order valence-electron chi connectivity index (χ2n) is 8.63. The molecular weight excluding hydrogens is 461 g/mol. The lowest BCUT2D eigenvalue weighted by Crippen LogP contribution is -2.50. The highest BCUT2D eigenvalue weighted by molar-refractivity contribution is 6.01. The van der Waals surface area contributed by atoms with Gasteiger partial charge in [0, 0.05) is 30.2 Å². The molecule has 11 heteroatoms. The minimum absolute atomic E-state index is 0.0444. The van der Waals surface area contributed by atoms with Gasteiger partial charge in [-0.15, -0.1) is 0 Å². The number of anilines is 2. The maximum atomic E-state index is 13.0. The van der Waals surface area contributed by atoms with E-state index in [2.05, 4.69) is 29.9 Å². The molecule has 0 aliphatic carbocycles. The maximum absolute atomic E-state index is 13.0. The van der Waals surface area contributed by atoms with E-state index in [0.29, 0.717) is 24.5 Å². The number of aromatic nitrogens is 3. The number of halogens is 3. The predicted octanol–water partition coefficient (Wildman–Crippen LogP) is 4.80. The first-order valence-corrected chi connectivity index (χ1v) is 11.1. The van der Waals surface area contributed by atoms with Crippen LogP contribution in [0.1, 0.15) is 12.3 Å². The van der Waals surface area contributed by atoms with Gasteiger partial charge in [-0.2, -0.15) is 18.2 Å². The van der Waals surface area contributed by atoms with E-state index in [4.69, 9.17) is 0 Å². The van der Waals surface area contributed by atoms with Gasteiger partial charge in [-0.05, 0) is 30.0 Å². The van der Waals surface area contributed by atoms with Crippen molar-refractivity contribution >= 4 is 28.3 Å². The van der Waals surface area contributed by atoms with Gasteiger partial charge < -0.3 is 19.6 Å². The molecule has 0 saturated carbocycles. The number of likely N-dealkylation sites (tertiary alicyclic amines) is 1. The number of nitrogens with one attached hydrogen (secondary N) is 1. The second-order valence-corrected chi connectivity index (χ2v) is 8.63. The molecule has 2 atom stereocenters. The van der Waals surface area contributed by atoms with E-state index in [1.165, 1.54) is 6.20 Å². The maximum Gasteiger partial charge on any atom is 0.471 e. The van der Waals surface area contributed by atoms with Crippen LogP contribution in [0.3, 0.4) is 0 Å². The predicted molar refractivity (Wildman–Crippen MR) is 122 cm³/mol. The van der Waals surface area contributed by atoms with Gasteiger partial charge in [0.1, 0.15) is 5.82 Å². The summed E-state index contributed by atoms with van der Waals surface area (Å²) in [4.78, 5) is 24.8. The summed E-state index contributed by atoms with van der Waals surface area (Å²) < 4.78 is 42.4. The molecule has 4 aromatic rings. The molecule has 2 bridgehead atoms. The average molecular weight is 480 g/mol. The number of carbonyl (C=O) groups excluding carboxylic acids is 1. The van der Waals surface area contributed by atoms with Gasteiger partial charge >= 0.3 is 18.1 Å². The number of rotatable bonds is 3. The summed E-state index contributed by atoms with van der Waals surface area (Å²) in [5.74, 6) is -0.874. The highest BCUT2D eigenvalue weighted by Crippen LogP contribution is 2.35. The topological polar surface area (TPSA) is 87.4 Å². The van der Waals surface area contributed by atoms with Crippen LogP contribution < -0.4 is 10.2 Å². The number of nitrogens with zero attached hydrogens (tertiary/aromatic N) is 5. The molecule has 2 aromatic carbocycles. The van der Waals surface area contributed by atoms with Gasteiger partial charge in [-0.3, -0.25) is 0 Å². The van der Waals surface area contributed by atoms with Crippen LogP contribution in [-0.2, 0) is 6.18 Å². The summed E-state index contributed by atoms with van der Waals surface area (Å²) in [5.41, 5.74) is 1.11. The fourth-order valence-electron chi connectivity index (χ4n) is 4.86. The molecule has 1 N–H and O–H groups in total. The minimum atomic E-state index is -4.70.